The van der Waals surface area contributed by atoms with Crippen LogP contribution in [-0.4, -0.2) is 24.2 Å². The van der Waals surface area contributed by atoms with Crippen molar-refractivity contribution in [3.63, 3.8) is 0 Å². The van der Waals surface area contributed by atoms with E-state index in [-0.39, 0.29) is 6.42 Å². The van der Waals surface area contributed by atoms with E-state index in [1.54, 1.807) is 6.92 Å². The molecule has 0 aromatic rings. The predicted molar refractivity (Wildman–Crippen MR) is 37.2 cm³/mol. The molecule has 0 aliphatic heterocycles. The second-order valence-corrected chi connectivity index (χ2v) is 1.85. The van der Waals surface area contributed by atoms with Gasteiger partial charge in [0.2, 0.25) is 6.41 Å². The van der Waals surface area contributed by atoms with Gasteiger partial charge in [-0.3, -0.25) is 4.79 Å². The van der Waals surface area contributed by atoms with E-state index in [1.165, 1.54) is 7.05 Å². The van der Waals surface area contributed by atoms with E-state index in [1.807, 2.05) is 6.07 Å². The summed E-state index contributed by atoms with van der Waals surface area (Å²) in [7, 11) is 1.52. The highest BCUT2D eigenvalue weighted by molar-refractivity contribution is 5.84. The molecule has 0 saturated heterocycles. The maximum absolute atomic E-state index is 9.98. The van der Waals surface area contributed by atoms with Gasteiger partial charge in [0.15, 0.2) is 0 Å². The van der Waals surface area contributed by atoms with Crippen molar-refractivity contribution in [2.24, 2.45) is 5.10 Å². The van der Waals surface area contributed by atoms with Crippen LogP contribution >= 0.6 is 0 Å². The van der Waals surface area contributed by atoms with Crippen LogP contribution in [0, 0.1) is 11.3 Å². The molecule has 0 N–H and O–H groups in total. The Bertz CT molecular complexity index is 180. The summed E-state index contributed by atoms with van der Waals surface area (Å²) in [5.74, 6) is 0. The zero-order valence-electron chi connectivity index (χ0n) is 6.03. The Balaban J connectivity index is 3.91. The first-order valence-corrected chi connectivity index (χ1v) is 2.80. The molecule has 0 atom stereocenters. The van der Waals surface area contributed by atoms with Crippen LogP contribution in [0.2, 0.25) is 0 Å². The van der Waals surface area contributed by atoms with Crippen LogP contribution in [0.25, 0.3) is 0 Å². The molecule has 0 heterocycles. The lowest BCUT2D eigenvalue weighted by molar-refractivity contribution is -0.117. The Hall–Kier alpha value is -1.37. The minimum atomic E-state index is 0.262. The maximum Gasteiger partial charge on any atom is 0.229 e. The summed E-state index contributed by atoms with van der Waals surface area (Å²) in [5, 5.41) is 13.1. The maximum atomic E-state index is 9.98. The van der Waals surface area contributed by atoms with Crippen molar-refractivity contribution in [3.05, 3.63) is 0 Å². The summed E-state index contributed by atoms with van der Waals surface area (Å²) < 4.78 is 0. The number of hydrazone groups is 1. The average molecular weight is 139 g/mol. The van der Waals surface area contributed by atoms with Gasteiger partial charge < -0.3 is 0 Å². The van der Waals surface area contributed by atoms with Crippen LogP contribution in [0.5, 0.6) is 0 Å². The van der Waals surface area contributed by atoms with Crippen LogP contribution in [0.4, 0.5) is 0 Å². The summed E-state index contributed by atoms with van der Waals surface area (Å²) in [6, 6.07) is 1.92. The fourth-order valence-corrected chi connectivity index (χ4v) is 0.443. The smallest absolute Gasteiger partial charge is 0.229 e. The summed E-state index contributed by atoms with van der Waals surface area (Å²) in [6.07, 6.45) is 0.846. The number of nitrogens with zero attached hydrogens (tertiary/aromatic N) is 3. The highest BCUT2D eigenvalue weighted by Gasteiger charge is 1.90. The molecule has 0 aromatic heterocycles. The second-order valence-electron chi connectivity index (χ2n) is 1.85. The molecule has 0 aliphatic carbocycles. The van der Waals surface area contributed by atoms with Crippen molar-refractivity contribution in [1.82, 2.24) is 5.01 Å². The molecule has 0 aliphatic rings. The van der Waals surface area contributed by atoms with Gasteiger partial charge in [0.1, 0.15) is 0 Å². The third kappa shape index (κ3) is 3.61. The number of carbonyl (C=O) groups excluding carboxylic acids is 1. The average Bonchev–Trinajstić information content (AvgIpc) is 1.88. The van der Waals surface area contributed by atoms with E-state index in [0.717, 1.165) is 5.01 Å². The number of hydrogen-bond donors (Lipinski definition) is 0. The third-order valence-electron chi connectivity index (χ3n) is 0.816. The molecule has 0 saturated carbocycles. The van der Waals surface area contributed by atoms with Gasteiger partial charge in [0, 0.05) is 12.8 Å². The van der Waals surface area contributed by atoms with Crippen molar-refractivity contribution in [2.45, 2.75) is 13.3 Å². The Morgan fingerprint density at radius 3 is 2.90 bits per heavy atom. The summed E-state index contributed by atoms with van der Waals surface area (Å²) in [4.78, 5) is 9.98. The molecule has 0 bridgehead atoms. The Labute approximate surface area is 59.7 Å². The fraction of sp³-hybridized carbons (Fsp3) is 0.500. The Morgan fingerprint density at radius 1 is 1.90 bits per heavy atom. The first-order chi connectivity index (χ1) is 4.70. The number of hydrogen-bond acceptors (Lipinski definition) is 3. The van der Waals surface area contributed by atoms with Gasteiger partial charge in [0.25, 0.3) is 0 Å². The molecule has 54 valence electrons. The molecule has 0 fully saturated rings. The minimum absolute atomic E-state index is 0.262. The molecule has 0 rings (SSSR count). The van der Waals surface area contributed by atoms with E-state index >= 15 is 0 Å². The van der Waals surface area contributed by atoms with E-state index < -0.39 is 0 Å². The molecule has 10 heavy (non-hydrogen) atoms. The normalized spacial score (nSPS) is 10.3. The molecule has 0 unspecified atom stereocenters. The Morgan fingerprint density at radius 2 is 2.50 bits per heavy atom. The van der Waals surface area contributed by atoms with Gasteiger partial charge in [-0.2, -0.15) is 10.4 Å². The first kappa shape index (κ1) is 8.63. The predicted octanol–water partition coefficient (Wildman–Crippen LogP) is 0.364. The number of nitriles is 1. The van der Waals surface area contributed by atoms with E-state index in [9.17, 15) is 4.79 Å². The van der Waals surface area contributed by atoms with Crippen LogP contribution in [0.1, 0.15) is 13.3 Å². The van der Waals surface area contributed by atoms with E-state index in [4.69, 9.17) is 5.26 Å². The molecular weight excluding hydrogens is 130 g/mol. The van der Waals surface area contributed by atoms with E-state index in [2.05, 4.69) is 5.10 Å². The number of carbonyl (C=O) groups is 1. The molecule has 0 aromatic carbocycles. The largest absolute Gasteiger partial charge is 0.277 e. The van der Waals surface area contributed by atoms with Crippen LogP contribution in [0.3, 0.4) is 0 Å². The molecule has 4 heteroatoms. The summed E-state index contributed by atoms with van der Waals surface area (Å²) in [5.41, 5.74) is 0.636. The minimum Gasteiger partial charge on any atom is -0.277 e. The van der Waals surface area contributed by atoms with Crippen LogP contribution in [0.15, 0.2) is 5.10 Å². The number of amides is 1. The van der Waals surface area contributed by atoms with Crippen LogP contribution < -0.4 is 0 Å². The monoisotopic (exact) mass is 139 g/mol. The first-order valence-electron chi connectivity index (χ1n) is 2.80. The lowest BCUT2D eigenvalue weighted by Crippen LogP contribution is -2.09. The molecule has 0 radical (unpaired) electrons. The van der Waals surface area contributed by atoms with Gasteiger partial charge in [-0.1, -0.05) is 0 Å². The SMILES string of the molecule is C/C(CC#N)=N/N(C)C=O. The lowest BCUT2D eigenvalue weighted by Gasteiger charge is -2.01. The standard InChI is InChI=1S/C6H9N3O/c1-6(3-4-7)8-9(2)5-10/h5H,3H2,1-2H3/b8-6-. The summed E-state index contributed by atoms with van der Waals surface area (Å²) in [6.45, 7) is 1.70. The Kier molecular flexibility index (Phi) is 3.89. The van der Waals surface area contributed by atoms with E-state index in [0.29, 0.717) is 12.1 Å². The van der Waals surface area contributed by atoms with Gasteiger partial charge in [-0.25, -0.2) is 5.01 Å². The third-order valence-corrected chi connectivity index (χ3v) is 0.816. The molecular formula is C6H9N3O. The van der Waals surface area contributed by atoms with Crippen molar-refractivity contribution in [3.8, 4) is 6.07 Å². The zero-order valence-corrected chi connectivity index (χ0v) is 6.03. The highest BCUT2D eigenvalue weighted by Crippen LogP contribution is 1.85. The van der Waals surface area contributed by atoms with Gasteiger partial charge in [-0.15, -0.1) is 0 Å². The van der Waals surface area contributed by atoms with Crippen molar-refractivity contribution < 1.29 is 4.79 Å². The van der Waals surface area contributed by atoms with Gasteiger partial charge in [-0.05, 0) is 6.92 Å². The van der Waals surface area contributed by atoms with Crippen molar-refractivity contribution >= 4 is 12.1 Å². The second kappa shape index (κ2) is 4.50. The van der Waals surface area contributed by atoms with Crippen molar-refractivity contribution in [1.29, 1.82) is 5.26 Å². The molecule has 0 spiro atoms. The van der Waals surface area contributed by atoms with Gasteiger partial charge >= 0.3 is 0 Å². The lowest BCUT2D eigenvalue weighted by atomic mass is 10.3. The fourth-order valence-electron chi connectivity index (χ4n) is 0.443. The van der Waals surface area contributed by atoms with Crippen LogP contribution in [-0.2, 0) is 4.79 Å². The topological polar surface area (TPSA) is 56.5 Å². The zero-order chi connectivity index (χ0) is 7.98. The van der Waals surface area contributed by atoms with Crippen molar-refractivity contribution in [2.75, 3.05) is 7.05 Å². The quantitative estimate of drug-likeness (QED) is 0.322. The number of rotatable bonds is 3. The summed E-state index contributed by atoms with van der Waals surface area (Å²) >= 11 is 0. The highest BCUT2D eigenvalue weighted by atomic mass is 16.1. The molecule has 4 nitrogen and oxygen atoms in total. The molecule has 1 amide bonds. The van der Waals surface area contributed by atoms with Gasteiger partial charge in [0.05, 0.1) is 12.5 Å².